The molecule has 8 heteroatoms. The first kappa shape index (κ1) is 16.6. The summed E-state index contributed by atoms with van der Waals surface area (Å²) in [5.74, 6) is 0. The van der Waals surface area contributed by atoms with E-state index in [4.69, 9.17) is 0 Å². The highest BCUT2D eigenvalue weighted by Gasteiger charge is 2.30. The van der Waals surface area contributed by atoms with Gasteiger partial charge in [-0.05, 0) is 24.3 Å². The number of halogens is 3. The third-order valence-electron chi connectivity index (χ3n) is 3.52. The summed E-state index contributed by atoms with van der Waals surface area (Å²) in [5.41, 5.74) is -0.435. The number of alkyl halides is 3. The molecule has 3 aromatic rings. The Labute approximate surface area is 139 Å². The molecule has 0 aliphatic carbocycles. The van der Waals surface area contributed by atoms with Crippen molar-refractivity contribution in [2.45, 2.75) is 6.18 Å². The molecule has 0 fully saturated rings. The summed E-state index contributed by atoms with van der Waals surface area (Å²) in [4.78, 5) is 18.7. The predicted molar refractivity (Wildman–Crippen MR) is 87.1 cm³/mol. The highest BCUT2D eigenvalue weighted by Crippen LogP contribution is 2.31. The van der Waals surface area contributed by atoms with Crippen LogP contribution in [0.2, 0.25) is 0 Å². The van der Waals surface area contributed by atoms with Crippen LogP contribution in [0.4, 0.5) is 24.5 Å². The molecule has 0 spiro atoms. The zero-order valence-electron chi connectivity index (χ0n) is 12.6. The summed E-state index contributed by atoms with van der Waals surface area (Å²) >= 11 is 0. The topological polar surface area (TPSA) is 68.4 Å². The molecule has 0 saturated heterocycles. The molecule has 0 amide bonds. The van der Waals surface area contributed by atoms with E-state index in [0.717, 1.165) is 12.1 Å². The van der Waals surface area contributed by atoms with Crippen molar-refractivity contribution in [3.05, 3.63) is 76.1 Å². The highest BCUT2D eigenvalue weighted by molar-refractivity contribution is 6.01. The Morgan fingerprint density at radius 2 is 1.84 bits per heavy atom. The number of fused-ring (bicyclic) bond motifs is 1. The van der Waals surface area contributed by atoms with Crippen molar-refractivity contribution in [3.63, 3.8) is 0 Å². The molecule has 2 aromatic carbocycles. The first-order chi connectivity index (χ1) is 11.9. The lowest BCUT2D eigenvalue weighted by Crippen LogP contribution is -2.03. The number of nitro groups is 1. The van der Waals surface area contributed by atoms with Gasteiger partial charge in [-0.3, -0.25) is 20.1 Å². The van der Waals surface area contributed by atoms with Crippen molar-refractivity contribution in [2.75, 3.05) is 0 Å². The summed E-state index contributed by atoms with van der Waals surface area (Å²) in [6, 6.07) is 10.6. The molecule has 0 aliphatic heterocycles. The van der Waals surface area contributed by atoms with Gasteiger partial charge < -0.3 is 0 Å². The maximum atomic E-state index is 12.7. The largest absolute Gasteiger partial charge is 0.416 e. The minimum Gasteiger partial charge on any atom is -0.258 e. The Balaban J connectivity index is 2.03. The van der Waals surface area contributed by atoms with Crippen molar-refractivity contribution >= 4 is 28.4 Å². The molecule has 0 atom stereocenters. The van der Waals surface area contributed by atoms with Crippen LogP contribution < -0.4 is 0 Å². The second kappa shape index (κ2) is 6.31. The summed E-state index contributed by atoms with van der Waals surface area (Å²) in [7, 11) is 0. The molecule has 126 valence electrons. The fraction of sp³-hybridized carbons (Fsp3) is 0.0588. The third kappa shape index (κ3) is 3.47. The third-order valence-corrected chi connectivity index (χ3v) is 3.52. The number of nitro benzene ring substituents is 1. The summed E-state index contributed by atoms with van der Waals surface area (Å²) in [6.07, 6.45) is -1.77. The first-order valence-electron chi connectivity index (χ1n) is 7.10. The smallest absolute Gasteiger partial charge is 0.258 e. The number of hydrogen-bond donors (Lipinski definition) is 0. The van der Waals surface area contributed by atoms with E-state index in [-0.39, 0.29) is 11.4 Å². The van der Waals surface area contributed by atoms with Crippen LogP contribution in [0.3, 0.4) is 0 Å². The van der Waals surface area contributed by atoms with Crippen LogP contribution in [0.15, 0.2) is 59.7 Å². The van der Waals surface area contributed by atoms with Crippen molar-refractivity contribution < 1.29 is 18.1 Å². The second-order valence-corrected chi connectivity index (χ2v) is 5.13. The Bertz CT molecular complexity index is 984. The number of hydrogen-bond acceptors (Lipinski definition) is 4. The zero-order chi connectivity index (χ0) is 18.0. The Hall–Kier alpha value is -3.29. The molecule has 5 nitrogen and oxygen atoms in total. The number of pyridine rings is 1. The summed E-state index contributed by atoms with van der Waals surface area (Å²) in [5, 5.41) is 12.0. The number of benzene rings is 2. The van der Waals surface area contributed by atoms with E-state index in [2.05, 4.69) is 9.98 Å². The van der Waals surface area contributed by atoms with Gasteiger partial charge in [-0.2, -0.15) is 13.2 Å². The zero-order valence-corrected chi connectivity index (χ0v) is 12.6. The molecular weight excluding hydrogens is 335 g/mol. The first-order valence-corrected chi connectivity index (χ1v) is 7.10. The van der Waals surface area contributed by atoms with E-state index in [1.807, 2.05) is 0 Å². The SMILES string of the molecule is O=[N+]([O-])c1cccc2c(C=Nc3cccc(C(F)(F)F)c3)nccc12. The Morgan fingerprint density at radius 1 is 1.08 bits per heavy atom. The van der Waals surface area contributed by atoms with E-state index < -0.39 is 16.7 Å². The average Bonchev–Trinajstić information content (AvgIpc) is 2.58. The van der Waals surface area contributed by atoms with Gasteiger partial charge >= 0.3 is 6.18 Å². The van der Waals surface area contributed by atoms with Gasteiger partial charge in [0.1, 0.15) is 0 Å². The highest BCUT2D eigenvalue weighted by atomic mass is 19.4. The molecule has 0 radical (unpaired) electrons. The van der Waals surface area contributed by atoms with Crippen LogP contribution in [0, 0.1) is 10.1 Å². The van der Waals surface area contributed by atoms with Gasteiger partial charge in [-0.15, -0.1) is 0 Å². The molecule has 0 unspecified atom stereocenters. The van der Waals surface area contributed by atoms with Crippen LogP contribution in [-0.4, -0.2) is 16.1 Å². The quantitative estimate of drug-likeness (QED) is 0.385. The van der Waals surface area contributed by atoms with Crippen LogP contribution in [0.5, 0.6) is 0 Å². The molecule has 25 heavy (non-hydrogen) atoms. The number of rotatable bonds is 3. The van der Waals surface area contributed by atoms with Gasteiger partial charge in [0.25, 0.3) is 5.69 Å². The van der Waals surface area contributed by atoms with Gasteiger partial charge in [0.2, 0.25) is 0 Å². The van der Waals surface area contributed by atoms with Crippen LogP contribution in [0.1, 0.15) is 11.3 Å². The van der Waals surface area contributed by atoms with Gasteiger partial charge in [-0.1, -0.05) is 18.2 Å². The lowest BCUT2D eigenvalue weighted by Gasteiger charge is -2.06. The molecule has 0 aliphatic rings. The molecule has 0 bridgehead atoms. The Morgan fingerprint density at radius 3 is 2.56 bits per heavy atom. The molecule has 1 aromatic heterocycles. The van der Waals surface area contributed by atoms with Crippen LogP contribution in [0.25, 0.3) is 10.8 Å². The minimum atomic E-state index is -4.45. The fourth-order valence-corrected chi connectivity index (χ4v) is 2.37. The van der Waals surface area contributed by atoms with Crippen molar-refractivity contribution in [1.82, 2.24) is 4.98 Å². The van der Waals surface area contributed by atoms with E-state index >= 15 is 0 Å². The number of aromatic nitrogens is 1. The van der Waals surface area contributed by atoms with Crippen LogP contribution >= 0.6 is 0 Å². The average molecular weight is 345 g/mol. The molecule has 1 heterocycles. The molecule has 0 N–H and O–H groups in total. The van der Waals surface area contributed by atoms with E-state index in [9.17, 15) is 23.3 Å². The van der Waals surface area contributed by atoms with E-state index in [0.29, 0.717) is 16.5 Å². The molecule has 3 rings (SSSR count). The number of non-ortho nitro benzene ring substituents is 1. The van der Waals surface area contributed by atoms with Gasteiger partial charge in [0, 0.05) is 17.6 Å². The van der Waals surface area contributed by atoms with E-state index in [1.165, 1.54) is 42.7 Å². The monoisotopic (exact) mass is 345 g/mol. The lowest BCUT2D eigenvalue weighted by atomic mass is 10.1. The maximum Gasteiger partial charge on any atom is 0.416 e. The van der Waals surface area contributed by atoms with E-state index in [1.54, 1.807) is 6.07 Å². The van der Waals surface area contributed by atoms with Gasteiger partial charge in [0.05, 0.1) is 33.5 Å². The minimum absolute atomic E-state index is 0.0754. The standard InChI is InChI=1S/C17H10F3N3O2/c18-17(19,20)11-3-1-4-12(9-11)22-10-15-13-5-2-6-16(23(24)25)14(13)7-8-21-15/h1-10H. The summed E-state index contributed by atoms with van der Waals surface area (Å²) < 4.78 is 38.2. The van der Waals surface area contributed by atoms with Crippen molar-refractivity contribution in [1.29, 1.82) is 0 Å². The number of aliphatic imine (C=N–C) groups is 1. The van der Waals surface area contributed by atoms with Gasteiger partial charge in [0.15, 0.2) is 0 Å². The molecule has 0 saturated carbocycles. The molecular formula is C17H10F3N3O2. The number of nitrogens with zero attached hydrogens (tertiary/aromatic N) is 3. The fourth-order valence-electron chi connectivity index (χ4n) is 2.37. The van der Waals surface area contributed by atoms with Crippen molar-refractivity contribution in [3.8, 4) is 0 Å². The normalized spacial score (nSPS) is 12.0. The lowest BCUT2D eigenvalue weighted by molar-refractivity contribution is -0.383. The second-order valence-electron chi connectivity index (χ2n) is 5.13. The summed E-state index contributed by atoms with van der Waals surface area (Å²) in [6.45, 7) is 0. The van der Waals surface area contributed by atoms with Crippen molar-refractivity contribution in [2.24, 2.45) is 4.99 Å². The maximum absolute atomic E-state index is 12.7. The van der Waals surface area contributed by atoms with Crippen LogP contribution in [-0.2, 0) is 6.18 Å². The Kier molecular flexibility index (Phi) is 4.18. The predicted octanol–water partition coefficient (Wildman–Crippen LogP) is 4.91. The van der Waals surface area contributed by atoms with Gasteiger partial charge in [-0.25, -0.2) is 0 Å².